The van der Waals surface area contributed by atoms with Crippen LogP contribution in [-0.4, -0.2) is 10.2 Å². The van der Waals surface area contributed by atoms with Crippen LogP contribution in [-0.2, 0) is 0 Å². The fourth-order valence-corrected chi connectivity index (χ4v) is 1.82. The minimum atomic E-state index is -2.81. The zero-order chi connectivity index (χ0) is 11.6. The van der Waals surface area contributed by atoms with E-state index < -0.39 is 17.4 Å². The molecule has 3 nitrogen and oxygen atoms in total. The van der Waals surface area contributed by atoms with E-state index >= 15 is 0 Å². The van der Waals surface area contributed by atoms with E-state index in [4.69, 9.17) is 16.9 Å². The molecular formula is C8H2BrClF2N2O. The van der Waals surface area contributed by atoms with Gasteiger partial charge in [0.2, 0.25) is 0 Å². The molecule has 1 rings (SSSR count). The summed E-state index contributed by atoms with van der Waals surface area (Å²) in [5, 5.41) is 7.72. The van der Waals surface area contributed by atoms with Crippen molar-refractivity contribution < 1.29 is 13.6 Å². The smallest absolute Gasteiger partial charge is 0.275 e. The first-order valence-electron chi connectivity index (χ1n) is 3.56. The molecule has 0 amide bonds. The predicted octanol–water partition coefficient (Wildman–Crippen LogP) is 3.03. The van der Waals surface area contributed by atoms with Gasteiger partial charge in [-0.15, -0.1) is 0 Å². The van der Waals surface area contributed by atoms with Crippen LogP contribution in [0.25, 0.3) is 0 Å². The Labute approximate surface area is 96.8 Å². The Morgan fingerprint density at radius 1 is 1.67 bits per heavy atom. The third-order valence-corrected chi connectivity index (χ3v) is 2.30. The first-order valence-corrected chi connectivity index (χ1v) is 4.73. The Hall–Kier alpha value is -1.06. The van der Waals surface area contributed by atoms with Crippen molar-refractivity contribution in [2.24, 2.45) is 0 Å². The number of rotatable bonds is 2. The lowest BCUT2D eigenvalue weighted by molar-refractivity contribution is 0.107. The molecule has 7 heteroatoms. The van der Waals surface area contributed by atoms with Crippen LogP contribution in [0, 0.1) is 11.3 Å². The van der Waals surface area contributed by atoms with E-state index in [1.165, 1.54) is 0 Å². The maximum atomic E-state index is 12.3. The van der Waals surface area contributed by atoms with Crippen LogP contribution in [0.3, 0.4) is 0 Å². The highest BCUT2D eigenvalue weighted by molar-refractivity contribution is 9.10. The standard InChI is InChI=1S/C8H2BrClF2N2O/c9-6-5(7(10)15)3(2-13)1-4(14-6)8(11)12/h1,8H. The number of halogens is 4. The Balaban J connectivity index is 3.46. The van der Waals surface area contributed by atoms with Gasteiger partial charge in [-0.25, -0.2) is 13.8 Å². The summed E-state index contributed by atoms with van der Waals surface area (Å²) in [6.45, 7) is 0. The Morgan fingerprint density at radius 2 is 2.27 bits per heavy atom. The van der Waals surface area contributed by atoms with Gasteiger partial charge >= 0.3 is 0 Å². The van der Waals surface area contributed by atoms with Crippen molar-refractivity contribution in [3.8, 4) is 6.07 Å². The summed E-state index contributed by atoms with van der Waals surface area (Å²) >= 11 is 7.98. The van der Waals surface area contributed by atoms with E-state index in [2.05, 4.69) is 20.9 Å². The van der Waals surface area contributed by atoms with Gasteiger partial charge in [0.1, 0.15) is 16.4 Å². The average Bonchev–Trinajstić information content (AvgIpc) is 2.15. The maximum absolute atomic E-state index is 12.3. The third-order valence-electron chi connectivity index (χ3n) is 1.54. The number of hydrogen-bond acceptors (Lipinski definition) is 3. The second-order valence-electron chi connectivity index (χ2n) is 2.45. The van der Waals surface area contributed by atoms with E-state index in [-0.39, 0.29) is 15.7 Å². The second kappa shape index (κ2) is 4.64. The highest BCUT2D eigenvalue weighted by atomic mass is 79.9. The van der Waals surface area contributed by atoms with Crippen LogP contribution in [0.4, 0.5) is 8.78 Å². The Bertz CT molecular complexity index is 459. The molecule has 0 N–H and O–H groups in total. The van der Waals surface area contributed by atoms with Gasteiger partial charge < -0.3 is 0 Å². The highest BCUT2D eigenvalue weighted by Crippen LogP contribution is 2.25. The number of carbonyl (C=O) groups excluding carboxylic acids is 1. The van der Waals surface area contributed by atoms with Crippen molar-refractivity contribution in [3.63, 3.8) is 0 Å². The number of alkyl halides is 2. The molecule has 0 atom stereocenters. The number of pyridine rings is 1. The summed E-state index contributed by atoms with van der Waals surface area (Å²) in [7, 11) is 0. The lowest BCUT2D eigenvalue weighted by Gasteiger charge is -2.04. The third kappa shape index (κ3) is 2.49. The molecule has 0 saturated heterocycles. The summed E-state index contributed by atoms with van der Waals surface area (Å²) in [6.07, 6.45) is -2.81. The molecule has 0 spiro atoms. The van der Waals surface area contributed by atoms with E-state index in [0.717, 1.165) is 6.07 Å². The average molecular weight is 295 g/mol. The first kappa shape index (κ1) is 12.0. The zero-order valence-corrected chi connectivity index (χ0v) is 9.31. The van der Waals surface area contributed by atoms with E-state index in [9.17, 15) is 13.6 Å². The van der Waals surface area contributed by atoms with Gasteiger partial charge in [0.25, 0.3) is 11.7 Å². The normalized spacial score (nSPS) is 10.1. The summed E-state index contributed by atoms with van der Waals surface area (Å²) in [5.41, 5.74) is -1.02. The molecule has 0 fully saturated rings. The Kier molecular flexibility index (Phi) is 3.72. The molecule has 1 heterocycles. The van der Waals surface area contributed by atoms with Gasteiger partial charge in [-0.2, -0.15) is 5.26 Å². The van der Waals surface area contributed by atoms with Crippen molar-refractivity contribution in [2.75, 3.05) is 0 Å². The van der Waals surface area contributed by atoms with Gasteiger partial charge in [0.05, 0.1) is 11.1 Å². The summed E-state index contributed by atoms with van der Waals surface area (Å²) in [6, 6.07) is 2.44. The highest BCUT2D eigenvalue weighted by Gasteiger charge is 2.19. The van der Waals surface area contributed by atoms with Crippen LogP contribution in [0.5, 0.6) is 0 Å². The number of aromatic nitrogens is 1. The quantitative estimate of drug-likeness (QED) is 0.622. The summed E-state index contributed by atoms with van der Waals surface area (Å²) in [5.74, 6) is 0. The topological polar surface area (TPSA) is 53.8 Å². The molecule has 0 radical (unpaired) electrons. The fraction of sp³-hybridized carbons (Fsp3) is 0.125. The van der Waals surface area contributed by atoms with Crippen molar-refractivity contribution >= 4 is 32.8 Å². The molecule has 0 aliphatic rings. The molecule has 78 valence electrons. The number of nitriles is 1. The van der Waals surface area contributed by atoms with Crippen LogP contribution in [0.15, 0.2) is 10.7 Å². The number of nitrogens with zero attached hydrogens (tertiary/aromatic N) is 2. The van der Waals surface area contributed by atoms with Crippen LogP contribution < -0.4 is 0 Å². The van der Waals surface area contributed by atoms with Crippen LogP contribution in [0.1, 0.15) is 28.0 Å². The molecule has 0 saturated carbocycles. The van der Waals surface area contributed by atoms with Gasteiger partial charge in [-0.1, -0.05) is 0 Å². The van der Waals surface area contributed by atoms with E-state index in [0.29, 0.717) is 0 Å². The molecule has 0 aliphatic heterocycles. The largest absolute Gasteiger partial charge is 0.280 e. The van der Waals surface area contributed by atoms with Gasteiger partial charge in [-0.05, 0) is 33.6 Å². The van der Waals surface area contributed by atoms with Crippen molar-refractivity contribution in [2.45, 2.75) is 6.43 Å². The number of hydrogen-bond donors (Lipinski definition) is 0. The second-order valence-corrected chi connectivity index (χ2v) is 3.54. The molecule has 1 aromatic rings. The van der Waals surface area contributed by atoms with E-state index in [1.807, 2.05) is 0 Å². The molecular weight excluding hydrogens is 293 g/mol. The SMILES string of the molecule is N#Cc1cc(C(F)F)nc(Br)c1C(=O)Cl. The number of carbonyl (C=O) groups is 1. The zero-order valence-electron chi connectivity index (χ0n) is 6.97. The van der Waals surface area contributed by atoms with Crippen molar-refractivity contribution in [3.05, 3.63) is 27.5 Å². The summed E-state index contributed by atoms with van der Waals surface area (Å²) < 4.78 is 24.4. The monoisotopic (exact) mass is 294 g/mol. The minimum Gasteiger partial charge on any atom is -0.275 e. The molecule has 0 unspecified atom stereocenters. The van der Waals surface area contributed by atoms with Gasteiger partial charge in [-0.3, -0.25) is 4.79 Å². The van der Waals surface area contributed by atoms with Gasteiger partial charge in [0, 0.05) is 0 Å². The van der Waals surface area contributed by atoms with Crippen LogP contribution >= 0.6 is 27.5 Å². The lowest BCUT2D eigenvalue weighted by atomic mass is 10.1. The van der Waals surface area contributed by atoms with E-state index in [1.54, 1.807) is 6.07 Å². The molecule has 0 aromatic carbocycles. The summed E-state index contributed by atoms with van der Waals surface area (Å²) in [4.78, 5) is 14.3. The van der Waals surface area contributed by atoms with Crippen LogP contribution in [0.2, 0.25) is 0 Å². The maximum Gasteiger partial charge on any atom is 0.280 e. The van der Waals surface area contributed by atoms with Crippen molar-refractivity contribution in [1.29, 1.82) is 5.26 Å². The molecule has 0 bridgehead atoms. The molecule has 15 heavy (non-hydrogen) atoms. The Morgan fingerprint density at radius 3 is 2.67 bits per heavy atom. The fourth-order valence-electron chi connectivity index (χ4n) is 0.920. The van der Waals surface area contributed by atoms with Crippen molar-refractivity contribution in [1.82, 2.24) is 4.98 Å². The molecule has 1 aromatic heterocycles. The predicted molar refractivity (Wildman–Crippen MR) is 51.8 cm³/mol. The molecule has 0 aliphatic carbocycles. The lowest BCUT2D eigenvalue weighted by Crippen LogP contribution is -2.02. The first-order chi connectivity index (χ1) is 6.97. The van der Waals surface area contributed by atoms with Gasteiger partial charge in [0.15, 0.2) is 0 Å². The minimum absolute atomic E-state index is 0.156.